The summed E-state index contributed by atoms with van der Waals surface area (Å²) in [7, 11) is 3.21. The van der Waals surface area contributed by atoms with Gasteiger partial charge < -0.3 is 14.8 Å². The van der Waals surface area contributed by atoms with E-state index in [9.17, 15) is 14.9 Å². The van der Waals surface area contributed by atoms with Gasteiger partial charge in [0.15, 0.2) is 0 Å². The molecule has 11 heteroatoms. The van der Waals surface area contributed by atoms with Crippen molar-refractivity contribution in [1.82, 2.24) is 15.2 Å². The van der Waals surface area contributed by atoms with Crippen LogP contribution in [-0.4, -0.2) is 46.0 Å². The molecule has 3 aromatic carbocycles. The van der Waals surface area contributed by atoms with Crippen LogP contribution in [0.4, 0.5) is 11.4 Å². The Kier molecular flexibility index (Phi) is 8.49. The van der Waals surface area contributed by atoms with Crippen molar-refractivity contribution in [2.45, 2.75) is 18.5 Å². The number of hydrogen-bond donors (Lipinski definition) is 1. The first-order chi connectivity index (χ1) is 18.4. The largest absolute Gasteiger partial charge is 0.497 e. The second kappa shape index (κ2) is 12.2. The number of aryl methyl sites for hydroxylation is 1. The van der Waals surface area contributed by atoms with Crippen LogP contribution in [0.5, 0.6) is 11.5 Å². The Morgan fingerprint density at radius 3 is 2.11 bits per heavy atom. The van der Waals surface area contributed by atoms with Crippen molar-refractivity contribution >= 4 is 29.0 Å². The van der Waals surface area contributed by atoms with E-state index in [2.05, 4.69) is 15.5 Å². The molecule has 0 atom stereocenters. The van der Waals surface area contributed by atoms with Gasteiger partial charge in [-0.25, -0.2) is 4.98 Å². The van der Waals surface area contributed by atoms with E-state index in [4.69, 9.17) is 14.5 Å². The van der Waals surface area contributed by atoms with E-state index in [1.807, 2.05) is 48.5 Å². The van der Waals surface area contributed by atoms with Crippen LogP contribution in [0.25, 0.3) is 22.5 Å². The topological polar surface area (TPSA) is 129 Å². The van der Waals surface area contributed by atoms with Crippen molar-refractivity contribution in [3.05, 3.63) is 82.4 Å². The number of amides is 1. The van der Waals surface area contributed by atoms with Crippen molar-refractivity contribution < 1.29 is 19.2 Å². The van der Waals surface area contributed by atoms with Gasteiger partial charge in [-0.2, -0.15) is 0 Å². The Hall–Kier alpha value is -4.51. The maximum atomic E-state index is 12.5. The van der Waals surface area contributed by atoms with Crippen LogP contribution in [0, 0.1) is 17.0 Å². The molecule has 4 rings (SSSR count). The van der Waals surface area contributed by atoms with Crippen LogP contribution < -0.4 is 14.8 Å². The van der Waals surface area contributed by atoms with Crippen molar-refractivity contribution in [3.63, 3.8) is 0 Å². The summed E-state index contributed by atoms with van der Waals surface area (Å²) >= 11 is 1.30. The molecule has 0 aliphatic heterocycles. The summed E-state index contributed by atoms with van der Waals surface area (Å²) in [4.78, 5) is 27.8. The van der Waals surface area contributed by atoms with Gasteiger partial charge in [0, 0.05) is 35.4 Å². The van der Waals surface area contributed by atoms with E-state index in [-0.39, 0.29) is 18.0 Å². The van der Waals surface area contributed by atoms with E-state index >= 15 is 0 Å². The minimum atomic E-state index is -0.495. The fraction of sp³-hybridized carbons (Fsp3) is 0.185. The number of carbonyl (C=O) groups is 1. The monoisotopic (exact) mass is 531 g/mol. The number of nitro benzene ring substituents is 1. The highest BCUT2D eigenvalue weighted by molar-refractivity contribution is 7.99. The molecule has 0 spiro atoms. The third kappa shape index (κ3) is 6.43. The van der Waals surface area contributed by atoms with Crippen LogP contribution in [0.1, 0.15) is 12.0 Å². The molecule has 4 aromatic rings. The lowest BCUT2D eigenvalue weighted by atomic mass is 10.0. The molecule has 0 aliphatic rings. The number of anilines is 1. The Morgan fingerprint density at radius 2 is 1.53 bits per heavy atom. The van der Waals surface area contributed by atoms with E-state index in [1.165, 1.54) is 23.9 Å². The highest BCUT2D eigenvalue weighted by atomic mass is 32.2. The summed E-state index contributed by atoms with van der Waals surface area (Å²) in [6, 6.07) is 19.3. The molecule has 10 nitrogen and oxygen atoms in total. The molecule has 0 aliphatic carbocycles. The summed E-state index contributed by atoms with van der Waals surface area (Å²) in [5.41, 5.74) is 4.00. The number of aromatic nitrogens is 3. The molecule has 1 N–H and O–H groups in total. The minimum absolute atomic E-state index is 0.0808. The van der Waals surface area contributed by atoms with Gasteiger partial charge in [0.25, 0.3) is 5.69 Å². The summed E-state index contributed by atoms with van der Waals surface area (Å²) < 4.78 is 10.5. The predicted octanol–water partition coefficient (Wildman–Crippen LogP) is 5.56. The van der Waals surface area contributed by atoms with Gasteiger partial charge in [0.2, 0.25) is 11.1 Å². The standard InChI is InChI=1S/C27H25N5O5S/c1-17-4-9-20(32(34)35)16-23(17)28-24(33)14-15-38-27-29-25(18-5-10-21(36-2)11-6-18)26(30-31-27)19-7-12-22(37-3)13-8-19/h4-13,16H,14-15H2,1-3H3,(H,28,33). The normalized spacial score (nSPS) is 10.6. The summed E-state index contributed by atoms with van der Waals surface area (Å²) in [5.74, 6) is 1.58. The maximum absolute atomic E-state index is 12.5. The lowest BCUT2D eigenvalue weighted by Gasteiger charge is -2.11. The summed E-state index contributed by atoms with van der Waals surface area (Å²) in [6.07, 6.45) is 0.161. The number of rotatable bonds is 10. The number of hydrogen-bond acceptors (Lipinski definition) is 9. The van der Waals surface area contributed by atoms with E-state index in [0.717, 1.165) is 28.2 Å². The third-order valence-corrected chi connectivity index (χ3v) is 6.50. The van der Waals surface area contributed by atoms with Gasteiger partial charge in [-0.3, -0.25) is 14.9 Å². The molecule has 1 amide bonds. The van der Waals surface area contributed by atoms with Gasteiger partial charge in [0.1, 0.15) is 22.9 Å². The number of ether oxygens (including phenoxy) is 2. The predicted molar refractivity (Wildman–Crippen MR) is 146 cm³/mol. The quantitative estimate of drug-likeness (QED) is 0.159. The summed E-state index contributed by atoms with van der Waals surface area (Å²) in [6.45, 7) is 1.78. The Bertz CT molecular complexity index is 1450. The van der Waals surface area contributed by atoms with Crippen LogP contribution in [0.3, 0.4) is 0 Å². The number of non-ortho nitro benzene ring substituents is 1. The first-order valence-electron chi connectivity index (χ1n) is 11.6. The Balaban J connectivity index is 1.50. The van der Waals surface area contributed by atoms with Crippen LogP contribution in [0.15, 0.2) is 71.9 Å². The van der Waals surface area contributed by atoms with E-state index < -0.39 is 4.92 Å². The molecule has 1 aromatic heterocycles. The highest BCUT2D eigenvalue weighted by Crippen LogP contribution is 2.32. The third-order valence-electron chi connectivity index (χ3n) is 5.66. The van der Waals surface area contributed by atoms with E-state index in [0.29, 0.717) is 28.0 Å². The first kappa shape index (κ1) is 26.6. The van der Waals surface area contributed by atoms with Gasteiger partial charge in [-0.1, -0.05) is 17.8 Å². The molecule has 1 heterocycles. The fourth-order valence-corrected chi connectivity index (χ4v) is 4.30. The molecule has 0 fully saturated rings. The molecular formula is C27H25N5O5S. The van der Waals surface area contributed by atoms with Crippen LogP contribution in [0.2, 0.25) is 0 Å². The zero-order chi connectivity index (χ0) is 27.1. The van der Waals surface area contributed by atoms with Crippen LogP contribution >= 0.6 is 11.8 Å². The number of methoxy groups -OCH3 is 2. The molecule has 38 heavy (non-hydrogen) atoms. The molecule has 0 radical (unpaired) electrons. The number of thioether (sulfide) groups is 1. The SMILES string of the molecule is COc1ccc(-c2nnc(SCCC(=O)Nc3cc([N+](=O)[O-])ccc3C)nc2-c2ccc(OC)cc2)cc1. The lowest BCUT2D eigenvalue weighted by Crippen LogP contribution is -2.13. The Labute approximate surface area is 223 Å². The Morgan fingerprint density at radius 1 is 0.921 bits per heavy atom. The van der Waals surface area contributed by atoms with Gasteiger partial charge >= 0.3 is 0 Å². The van der Waals surface area contributed by atoms with Crippen molar-refractivity contribution in [2.75, 3.05) is 25.3 Å². The van der Waals surface area contributed by atoms with Crippen molar-refractivity contribution in [2.24, 2.45) is 0 Å². The van der Waals surface area contributed by atoms with Crippen molar-refractivity contribution in [1.29, 1.82) is 0 Å². The van der Waals surface area contributed by atoms with Gasteiger partial charge in [-0.05, 0) is 61.0 Å². The number of nitro groups is 1. The minimum Gasteiger partial charge on any atom is -0.497 e. The maximum Gasteiger partial charge on any atom is 0.271 e. The highest BCUT2D eigenvalue weighted by Gasteiger charge is 2.16. The second-order valence-electron chi connectivity index (χ2n) is 8.15. The summed E-state index contributed by atoms with van der Waals surface area (Å²) in [5, 5.41) is 23.0. The van der Waals surface area contributed by atoms with E-state index in [1.54, 1.807) is 27.2 Å². The van der Waals surface area contributed by atoms with Crippen molar-refractivity contribution in [3.8, 4) is 34.0 Å². The molecule has 0 saturated carbocycles. The second-order valence-corrected chi connectivity index (χ2v) is 9.21. The molecular weight excluding hydrogens is 506 g/mol. The molecule has 194 valence electrons. The molecule has 0 unspecified atom stereocenters. The first-order valence-corrected chi connectivity index (χ1v) is 12.6. The average Bonchev–Trinajstić information content (AvgIpc) is 2.94. The fourth-order valence-electron chi connectivity index (χ4n) is 3.57. The lowest BCUT2D eigenvalue weighted by molar-refractivity contribution is -0.384. The number of benzene rings is 3. The molecule has 0 bridgehead atoms. The average molecular weight is 532 g/mol. The van der Waals surface area contributed by atoms with Gasteiger partial charge in [0.05, 0.1) is 24.8 Å². The zero-order valence-electron chi connectivity index (χ0n) is 21.0. The number of carbonyl (C=O) groups excluding carboxylic acids is 1. The molecule has 0 saturated heterocycles. The smallest absolute Gasteiger partial charge is 0.271 e. The van der Waals surface area contributed by atoms with Crippen LogP contribution in [-0.2, 0) is 4.79 Å². The number of nitrogens with one attached hydrogen (secondary N) is 1. The zero-order valence-corrected chi connectivity index (χ0v) is 21.8. The van der Waals surface area contributed by atoms with Gasteiger partial charge in [-0.15, -0.1) is 10.2 Å². The number of nitrogens with zero attached hydrogens (tertiary/aromatic N) is 4.